The van der Waals surface area contributed by atoms with Gasteiger partial charge in [-0.15, -0.1) is 0 Å². The standard InChI is InChI=1S/C37H43F3N4O3/c1-25-31(14-13-30-6-4-8-32(46-30)26-9-11-28(12-10-26)37(38,39)40)41-24-42-34(25)35(45)44-19-15-29(16-20-44)43-21-17-36(18-22-43)23-27-5-2-3-7-33(27)47-36/h2-3,5,7,9-12,24,29-30,32H,4,6,8,13-23H2,1H3/t30-,32+/m1/s1. The molecule has 7 rings (SSSR count). The Bertz CT molecular complexity index is 1540. The lowest BCUT2D eigenvalue weighted by Crippen LogP contribution is -2.53. The number of fused-ring (bicyclic) bond motifs is 1. The molecule has 7 nitrogen and oxygen atoms in total. The predicted molar refractivity (Wildman–Crippen MR) is 171 cm³/mol. The molecule has 1 amide bonds. The van der Waals surface area contributed by atoms with Crippen LogP contribution >= 0.6 is 0 Å². The topological polar surface area (TPSA) is 67.8 Å². The van der Waals surface area contributed by atoms with Gasteiger partial charge in [-0.25, -0.2) is 9.97 Å². The van der Waals surface area contributed by atoms with E-state index in [9.17, 15) is 18.0 Å². The molecule has 4 aliphatic heterocycles. The molecule has 1 spiro atoms. The van der Waals surface area contributed by atoms with Crippen LogP contribution in [0.1, 0.15) is 95.9 Å². The van der Waals surface area contributed by atoms with E-state index in [0.717, 1.165) is 106 Å². The normalized spacial score (nSPS) is 23.4. The number of para-hydroxylation sites is 1. The lowest BCUT2D eigenvalue weighted by Gasteiger charge is -2.44. The van der Waals surface area contributed by atoms with Crippen molar-refractivity contribution in [1.82, 2.24) is 19.8 Å². The average molecular weight is 649 g/mol. The Morgan fingerprint density at radius 2 is 1.70 bits per heavy atom. The molecule has 0 N–H and O–H groups in total. The molecule has 250 valence electrons. The number of aromatic nitrogens is 2. The maximum Gasteiger partial charge on any atom is 0.416 e. The number of alkyl halides is 3. The first-order valence-corrected chi connectivity index (χ1v) is 17.1. The minimum absolute atomic E-state index is 0.0243. The molecule has 0 radical (unpaired) electrons. The molecule has 47 heavy (non-hydrogen) atoms. The number of carbonyl (C=O) groups excluding carboxylic acids is 1. The van der Waals surface area contributed by atoms with Gasteiger partial charge in [-0.1, -0.05) is 30.3 Å². The van der Waals surface area contributed by atoms with E-state index in [1.807, 2.05) is 17.9 Å². The lowest BCUT2D eigenvalue weighted by molar-refractivity contribution is -0.137. The second-order valence-corrected chi connectivity index (χ2v) is 13.8. The second-order valence-electron chi connectivity index (χ2n) is 13.8. The van der Waals surface area contributed by atoms with Gasteiger partial charge in [-0.2, -0.15) is 13.2 Å². The summed E-state index contributed by atoms with van der Waals surface area (Å²) >= 11 is 0. The summed E-state index contributed by atoms with van der Waals surface area (Å²) in [6, 6.07) is 14.2. The highest BCUT2D eigenvalue weighted by Gasteiger charge is 2.43. The molecule has 10 heteroatoms. The fraction of sp³-hybridized carbons (Fsp3) is 0.541. The third-order valence-electron chi connectivity index (χ3n) is 10.8. The molecule has 5 heterocycles. The quantitative estimate of drug-likeness (QED) is 0.284. The Morgan fingerprint density at radius 1 is 0.957 bits per heavy atom. The van der Waals surface area contributed by atoms with Crippen molar-refractivity contribution >= 4 is 5.91 Å². The van der Waals surface area contributed by atoms with Crippen LogP contribution in [0.4, 0.5) is 13.2 Å². The van der Waals surface area contributed by atoms with E-state index in [4.69, 9.17) is 9.47 Å². The van der Waals surface area contributed by atoms with E-state index in [0.29, 0.717) is 31.2 Å². The van der Waals surface area contributed by atoms with Crippen LogP contribution < -0.4 is 4.74 Å². The van der Waals surface area contributed by atoms with Gasteiger partial charge in [-0.3, -0.25) is 9.69 Å². The first-order chi connectivity index (χ1) is 22.7. The summed E-state index contributed by atoms with van der Waals surface area (Å²) in [5.74, 6) is 1.01. The highest BCUT2D eigenvalue weighted by atomic mass is 19.4. The number of carbonyl (C=O) groups is 1. The molecule has 4 aliphatic rings. The number of halogens is 3. The minimum Gasteiger partial charge on any atom is -0.487 e. The molecule has 3 aromatic rings. The smallest absolute Gasteiger partial charge is 0.416 e. The fourth-order valence-corrected chi connectivity index (χ4v) is 8.02. The van der Waals surface area contributed by atoms with Gasteiger partial charge in [0.15, 0.2) is 0 Å². The number of ether oxygens (including phenoxy) is 2. The molecule has 0 bridgehead atoms. The molecular weight excluding hydrogens is 605 g/mol. The van der Waals surface area contributed by atoms with Gasteiger partial charge in [-0.05, 0) is 81.2 Å². The third-order valence-corrected chi connectivity index (χ3v) is 10.8. The Hall–Kier alpha value is -3.50. The zero-order valence-electron chi connectivity index (χ0n) is 27.0. The number of nitrogens with zero attached hydrogens (tertiary/aromatic N) is 4. The van der Waals surface area contributed by atoms with Crippen LogP contribution in [-0.2, 0) is 23.8 Å². The van der Waals surface area contributed by atoms with Crippen LogP contribution in [0.25, 0.3) is 0 Å². The highest BCUT2D eigenvalue weighted by Crippen LogP contribution is 2.42. The van der Waals surface area contributed by atoms with Crippen LogP contribution in [0.3, 0.4) is 0 Å². The Labute approximate surface area is 274 Å². The average Bonchev–Trinajstić information content (AvgIpc) is 3.45. The predicted octanol–water partition coefficient (Wildman–Crippen LogP) is 7.12. The zero-order chi connectivity index (χ0) is 32.6. The van der Waals surface area contributed by atoms with Crippen molar-refractivity contribution in [3.05, 3.63) is 88.5 Å². The fourth-order valence-electron chi connectivity index (χ4n) is 8.02. The van der Waals surface area contributed by atoms with Gasteiger partial charge in [0.25, 0.3) is 5.91 Å². The second kappa shape index (κ2) is 13.2. The van der Waals surface area contributed by atoms with E-state index in [1.54, 1.807) is 0 Å². The van der Waals surface area contributed by atoms with Crippen LogP contribution in [0.2, 0.25) is 0 Å². The number of hydrogen-bond donors (Lipinski definition) is 0. The lowest BCUT2D eigenvalue weighted by atomic mass is 9.86. The Kier molecular flexibility index (Phi) is 9.00. The Balaban J connectivity index is 0.896. The molecule has 0 unspecified atom stereocenters. The molecule has 0 saturated carbocycles. The number of hydrogen-bond acceptors (Lipinski definition) is 6. The first kappa shape index (κ1) is 32.1. The van der Waals surface area contributed by atoms with E-state index >= 15 is 0 Å². The van der Waals surface area contributed by atoms with Crippen molar-refractivity contribution in [3.63, 3.8) is 0 Å². The number of piperidine rings is 2. The molecule has 0 aliphatic carbocycles. The number of aryl methyl sites for hydroxylation is 1. The SMILES string of the molecule is Cc1c(CC[C@H]2CCC[C@@H](c3ccc(C(F)(F)F)cc3)O2)ncnc1C(=O)N1CCC(N2CCC3(CC2)Cc2ccccc2O3)CC1. The van der Waals surface area contributed by atoms with Crippen molar-refractivity contribution in [2.45, 2.75) is 101 Å². The largest absolute Gasteiger partial charge is 0.487 e. The number of rotatable bonds is 6. The summed E-state index contributed by atoms with van der Waals surface area (Å²) in [6.45, 7) is 5.41. The van der Waals surface area contributed by atoms with Gasteiger partial charge in [0.1, 0.15) is 23.4 Å². The molecule has 3 fully saturated rings. The molecule has 1 aromatic heterocycles. The highest BCUT2D eigenvalue weighted by molar-refractivity contribution is 5.93. The van der Waals surface area contributed by atoms with Gasteiger partial charge < -0.3 is 14.4 Å². The summed E-state index contributed by atoms with van der Waals surface area (Å²) < 4.78 is 51.8. The van der Waals surface area contributed by atoms with E-state index < -0.39 is 11.7 Å². The van der Waals surface area contributed by atoms with Gasteiger partial charge >= 0.3 is 6.18 Å². The van der Waals surface area contributed by atoms with E-state index in [1.165, 1.54) is 24.0 Å². The number of amides is 1. The summed E-state index contributed by atoms with van der Waals surface area (Å²) in [7, 11) is 0. The van der Waals surface area contributed by atoms with Crippen molar-refractivity contribution < 1.29 is 27.4 Å². The maximum absolute atomic E-state index is 13.6. The number of likely N-dealkylation sites (tertiary alicyclic amines) is 2. The Morgan fingerprint density at radius 3 is 2.43 bits per heavy atom. The van der Waals surface area contributed by atoms with Crippen LogP contribution in [0.5, 0.6) is 5.75 Å². The van der Waals surface area contributed by atoms with E-state index in [2.05, 4.69) is 33.1 Å². The molecule has 2 atom stereocenters. The summed E-state index contributed by atoms with van der Waals surface area (Å²) in [6.07, 6.45) is 5.86. The summed E-state index contributed by atoms with van der Waals surface area (Å²) in [4.78, 5) is 27.1. The zero-order valence-corrected chi connectivity index (χ0v) is 27.0. The van der Waals surface area contributed by atoms with E-state index in [-0.39, 0.29) is 23.7 Å². The van der Waals surface area contributed by atoms with Crippen LogP contribution in [0, 0.1) is 6.92 Å². The van der Waals surface area contributed by atoms with Crippen molar-refractivity contribution in [2.75, 3.05) is 26.2 Å². The van der Waals surface area contributed by atoms with Crippen LogP contribution in [0.15, 0.2) is 54.9 Å². The monoisotopic (exact) mass is 648 g/mol. The van der Waals surface area contributed by atoms with Gasteiger partial charge in [0, 0.05) is 62.7 Å². The van der Waals surface area contributed by atoms with Gasteiger partial charge in [0.05, 0.1) is 17.8 Å². The van der Waals surface area contributed by atoms with Crippen molar-refractivity contribution in [2.24, 2.45) is 0 Å². The first-order valence-electron chi connectivity index (χ1n) is 17.1. The molecule has 3 saturated heterocycles. The van der Waals surface area contributed by atoms with Crippen molar-refractivity contribution in [1.29, 1.82) is 0 Å². The minimum atomic E-state index is -4.35. The van der Waals surface area contributed by atoms with Gasteiger partial charge in [0.2, 0.25) is 0 Å². The summed E-state index contributed by atoms with van der Waals surface area (Å²) in [5.41, 5.74) is 3.52. The third kappa shape index (κ3) is 6.90. The number of benzene rings is 2. The molecule has 2 aromatic carbocycles. The summed E-state index contributed by atoms with van der Waals surface area (Å²) in [5, 5.41) is 0. The van der Waals surface area contributed by atoms with Crippen LogP contribution in [-0.4, -0.2) is 69.6 Å². The molecular formula is C37H43F3N4O3. The maximum atomic E-state index is 13.6. The van der Waals surface area contributed by atoms with Crippen molar-refractivity contribution in [3.8, 4) is 5.75 Å².